The van der Waals surface area contributed by atoms with Gasteiger partial charge in [0.2, 0.25) is 5.16 Å². The van der Waals surface area contributed by atoms with Crippen molar-refractivity contribution >= 4 is 27.3 Å². The van der Waals surface area contributed by atoms with Crippen LogP contribution in [0.4, 0.5) is 5.13 Å². The van der Waals surface area contributed by atoms with Crippen LogP contribution in [0.1, 0.15) is 0 Å². The maximum absolute atomic E-state index is 11.5. The Hall–Kier alpha value is -2.12. The first-order valence-corrected chi connectivity index (χ1v) is 8.51. The molecule has 2 aromatic heterocycles. The highest BCUT2D eigenvalue weighted by Gasteiger charge is 2.15. The van der Waals surface area contributed by atoms with Gasteiger partial charge in [-0.15, -0.1) is 0 Å². The van der Waals surface area contributed by atoms with Gasteiger partial charge < -0.3 is 5.73 Å². The van der Waals surface area contributed by atoms with Crippen molar-refractivity contribution in [3.63, 3.8) is 0 Å². The average molecular weight is 316 g/mol. The third-order valence-electron chi connectivity index (χ3n) is 2.81. The van der Waals surface area contributed by atoms with Crippen molar-refractivity contribution in [2.24, 2.45) is 0 Å². The number of rotatable bonds is 3. The molecule has 1 aromatic carbocycles. The lowest BCUT2D eigenvalue weighted by atomic mass is 10.1. The molecule has 0 amide bonds. The van der Waals surface area contributed by atoms with Crippen LogP contribution in [0.15, 0.2) is 47.8 Å². The molecule has 2 N–H and O–H groups in total. The number of aromatic nitrogens is 3. The molecule has 21 heavy (non-hydrogen) atoms. The lowest BCUT2D eigenvalue weighted by molar-refractivity contribution is 0.680. The quantitative estimate of drug-likeness (QED) is 0.751. The molecule has 7 heteroatoms. The third-order valence-corrected chi connectivity index (χ3v) is 4.43. The number of nitrogens with zero attached hydrogens (tertiary/aromatic N) is 3. The van der Waals surface area contributed by atoms with Crippen LogP contribution in [0.5, 0.6) is 0 Å². The maximum atomic E-state index is 11.5. The van der Waals surface area contributed by atoms with Crippen LogP contribution in [0, 0.1) is 0 Å². The Kier molecular flexibility index (Phi) is 3.76. The molecule has 0 saturated carbocycles. The minimum atomic E-state index is -1.23. The van der Waals surface area contributed by atoms with Crippen LogP contribution in [-0.2, 0) is 10.8 Å². The summed E-state index contributed by atoms with van der Waals surface area (Å²) in [6.07, 6.45) is 3.15. The van der Waals surface area contributed by atoms with E-state index in [-0.39, 0.29) is 0 Å². The highest BCUT2D eigenvalue weighted by molar-refractivity contribution is 7.84. The number of hydrogen-bond acceptors (Lipinski definition) is 6. The summed E-state index contributed by atoms with van der Waals surface area (Å²) in [5.74, 6) is 0. The molecular weight excluding hydrogens is 304 g/mol. The van der Waals surface area contributed by atoms with Crippen molar-refractivity contribution < 1.29 is 4.21 Å². The maximum Gasteiger partial charge on any atom is 0.218 e. The first-order valence-electron chi connectivity index (χ1n) is 6.13. The van der Waals surface area contributed by atoms with Crippen LogP contribution >= 0.6 is 11.3 Å². The fourth-order valence-corrected chi connectivity index (χ4v) is 3.17. The van der Waals surface area contributed by atoms with E-state index in [0.29, 0.717) is 16.0 Å². The number of thiazole rings is 1. The molecule has 3 rings (SSSR count). The number of anilines is 1. The van der Waals surface area contributed by atoms with Crippen LogP contribution in [-0.4, -0.2) is 25.4 Å². The summed E-state index contributed by atoms with van der Waals surface area (Å²) in [4.78, 5) is 13.6. The van der Waals surface area contributed by atoms with E-state index in [9.17, 15) is 4.21 Å². The number of benzene rings is 1. The standard InChI is InChI=1S/C14H12N4OS2/c1-21(19)14-16-8-7-10(17-14)12-11(18-13(15)20-12)9-5-3-2-4-6-9/h2-8H,1H3,(H2,15,18). The van der Waals surface area contributed by atoms with Gasteiger partial charge in [-0.2, -0.15) is 0 Å². The summed E-state index contributed by atoms with van der Waals surface area (Å²) < 4.78 is 11.5. The fraction of sp³-hybridized carbons (Fsp3) is 0.0714. The lowest BCUT2D eigenvalue weighted by Crippen LogP contribution is -1.97. The smallest absolute Gasteiger partial charge is 0.218 e. The molecule has 106 valence electrons. The molecule has 0 aliphatic heterocycles. The Morgan fingerprint density at radius 1 is 1.14 bits per heavy atom. The van der Waals surface area contributed by atoms with Crippen LogP contribution < -0.4 is 5.73 Å². The second-order valence-corrected chi connectivity index (χ2v) is 6.58. The summed E-state index contributed by atoms with van der Waals surface area (Å²) >= 11 is 1.36. The van der Waals surface area contributed by atoms with E-state index >= 15 is 0 Å². The van der Waals surface area contributed by atoms with E-state index in [1.807, 2.05) is 30.3 Å². The Bertz CT molecular complexity index is 802. The Morgan fingerprint density at radius 2 is 1.90 bits per heavy atom. The van der Waals surface area contributed by atoms with E-state index in [1.54, 1.807) is 18.5 Å². The van der Waals surface area contributed by atoms with Crippen molar-refractivity contribution in [2.45, 2.75) is 5.16 Å². The lowest BCUT2D eigenvalue weighted by Gasteiger charge is -2.03. The molecule has 0 spiro atoms. The molecule has 1 unspecified atom stereocenters. The van der Waals surface area contributed by atoms with E-state index in [2.05, 4.69) is 15.0 Å². The summed E-state index contributed by atoms with van der Waals surface area (Å²) in [6.45, 7) is 0. The predicted molar refractivity (Wildman–Crippen MR) is 85.3 cm³/mol. The summed E-state index contributed by atoms with van der Waals surface area (Å²) in [5, 5.41) is 0.778. The van der Waals surface area contributed by atoms with E-state index < -0.39 is 10.8 Å². The van der Waals surface area contributed by atoms with E-state index in [1.165, 1.54) is 11.3 Å². The highest BCUT2D eigenvalue weighted by atomic mass is 32.2. The monoisotopic (exact) mass is 316 g/mol. The predicted octanol–water partition coefficient (Wildman–Crippen LogP) is 2.59. The van der Waals surface area contributed by atoms with Gasteiger partial charge in [0.25, 0.3) is 0 Å². The second kappa shape index (κ2) is 5.71. The molecule has 0 aliphatic carbocycles. The van der Waals surface area contributed by atoms with Gasteiger partial charge in [-0.25, -0.2) is 15.0 Å². The molecule has 5 nitrogen and oxygen atoms in total. The van der Waals surface area contributed by atoms with E-state index in [4.69, 9.17) is 5.73 Å². The van der Waals surface area contributed by atoms with Crippen LogP contribution in [0.3, 0.4) is 0 Å². The molecule has 0 bridgehead atoms. The van der Waals surface area contributed by atoms with Crippen molar-refractivity contribution in [2.75, 3.05) is 12.0 Å². The van der Waals surface area contributed by atoms with Gasteiger partial charge in [-0.05, 0) is 6.07 Å². The Morgan fingerprint density at radius 3 is 2.62 bits per heavy atom. The van der Waals surface area contributed by atoms with Crippen molar-refractivity contribution in [1.29, 1.82) is 0 Å². The van der Waals surface area contributed by atoms with Crippen molar-refractivity contribution in [3.8, 4) is 21.8 Å². The molecule has 0 aliphatic rings. The second-order valence-electron chi connectivity index (χ2n) is 4.27. The van der Waals surface area contributed by atoms with Gasteiger partial charge in [-0.3, -0.25) is 4.21 Å². The van der Waals surface area contributed by atoms with Gasteiger partial charge in [0.15, 0.2) is 5.13 Å². The average Bonchev–Trinajstić information content (AvgIpc) is 2.90. The molecular formula is C14H12N4OS2. The molecule has 1 atom stereocenters. The first kappa shape index (κ1) is 13.8. The van der Waals surface area contributed by atoms with Gasteiger partial charge >= 0.3 is 0 Å². The number of nitrogens with two attached hydrogens (primary N) is 1. The van der Waals surface area contributed by atoms with Crippen LogP contribution in [0.25, 0.3) is 21.8 Å². The molecule has 0 saturated heterocycles. The zero-order valence-electron chi connectivity index (χ0n) is 11.2. The fourth-order valence-electron chi connectivity index (χ4n) is 1.91. The normalized spacial score (nSPS) is 12.2. The third kappa shape index (κ3) is 2.84. The summed E-state index contributed by atoms with van der Waals surface area (Å²) in [5.41, 5.74) is 8.29. The van der Waals surface area contributed by atoms with Gasteiger partial charge in [0.1, 0.15) is 0 Å². The van der Waals surface area contributed by atoms with Crippen molar-refractivity contribution in [1.82, 2.24) is 15.0 Å². The largest absolute Gasteiger partial charge is 0.375 e. The SMILES string of the molecule is CS(=O)c1nccc(-c2sc(N)nc2-c2ccccc2)n1. The van der Waals surface area contributed by atoms with Gasteiger partial charge in [0.05, 0.1) is 27.1 Å². The minimum absolute atomic E-state index is 0.304. The Balaban J connectivity index is 2.15. The van der Waals surface area contributed by atoms with Crippen molar-refractivity contribution in [3.05, 3.63) is 42.6 Å². The molecule has 0 radical (unpaired) electrons. The minimum Gasteiger partial charge on any atom is -0.375 e. The number of nitrogen functional groups attached to an aromatic ring is 1. The summed E-state index contributed by atoms with van der Waals surface area (Å²) in [7, 11) is -1.23. The molecule has 3 aromatic rings. The first-order chi connectivity index (χ1) is 10.1. The number of hydrogen-bond donors (Lipinski definition) is 1. The van der Waals surface area contributed by atoms with Gasteiger partial charge in [0, 0.05) is 18.0 Å². The summed E-state index contributed by atoms with van der Waals surface area (Å²) in [6, 6.07) is 11.6. The topological polar surface area (TPSA) is 81.8 Å². The zero-order chi connectivity index (χ0) is 14.8. The zero-order valence-corrected chi connectivity index (χ0v) is 12.8. The molecule has 2 heterocycles. The van der Waals surface area contributed by atoms with Crippen LogP contribution in [0.2, 0.25) is 0 Å². The molecule has 0 fully saturated rings. The Labute approximate surface area is 128 Å². The van der Waals surface area contributed by atoms with Gasteiger partial charge in [-0.1, -0.05) is 41.7 Å². The van der Waals surface area contributed by atoms with E-state index in [0.717, 1.165) is 16.1 Å². The highest BCUT2D eigenvalue weighted by Crippen LogP contribution is 2.36.